The van der Waals surface area contributed by atoms with Gasteiger partial charge >= 0.3 is 0 Å². The number of aldehydes is 1. The maximum Gasteiger partial charge on any atom is 0.150 e. The zero-order valence-electron chi connectivity index (χ0n) is 14.0. The maximum absolute atomic E-state index is 11.1. The molecule has 0 aromatic heterocycles. The number of fused-ring (bicyclic) bond motifs is 1. The van der Waals surface area contributed by atoms with Crippen LogP contribution < -0.4 is 4.90 Å². The Bertz CT molecular complexity index is 505. The van der Waals surface area contributed by atoms with Gasteiger partial charge in [-0.3, -0.25) is 4.79 Å². The van der Waals surface area contributed by atoms with E-state index in [1.54, 1.807) is 0 Å². The molecular weight excluding hydrogens is 258 g/mol. The molecule has 0 spiro atoms. The average molecular weight is 287 g/mol. The molecule has 0 atom stereocenters. The summed E-state index contributed by atoms with van der Waals surface area (Å²) in [6.07, 6.45) is 8.60. The largest absolute Gasteiger partial charge is 0.366 e. The predicted molar refractivity (Wildman–Crippen MR) is 90.5 cm³/mol. The van der Waals surface area contributed by atoms with Gasteiger partial charge in [-0.2, -0.15) is 0 Å². The summed E-state index contributed by atoms with van der Waals surface area (Å²) in [7, 11) is 0. The first kappa shape index (κ1) is 16.1. The topological polar surface area (TPSA) is 20.3 Å². The third-order valence-electron chi connectivity index (χ3n) is 4.86. The summed E-state index contributed by atoms with van der Waals surface area (Å²) in [4.78, 5) is 13.7. The Hall–Kier alpha value is -1.31. The van der Waals surface area contributed by atoms with E-state index in [-0.39, 0.29) is 5.54 Å². The smallest absolute Gasteiger partial charge is 0.150 e. The van der Waals surface area contributed by atoms with E-state index in [1.807, 2.05) is 6.07 Å². The number of nitrogens with zero attached hydrogens (tertiary/aromatic N) is 1. The number of rotatable bonds is 7. The summed E-state index contributed by atoms with van der Waals surface area (Å²) >= 11 is 0. The molecule has 0 N–H and O–H groups in total. The van der Waals surface area contributed by atoms with E-state index in [2.05, 4.69) is 38.7 Å². The molecule has 116 valence electrons. The summed E-state index contributed by atoms with van der Waals surface area (Å²) in [5, 5.41) is 0. The Labute approximate surface area is 129 Å². The SMILES string of the molecule is CCCCCCCN1c2ccc(C=O)c(C)c2CC1(C)C. The minimum absolute atomic E-state index is 0.166. The van der Waals surface area contributed by atoms with Crippen LogP contribution in [-0.2, 0) is 6.42 Å². The van der Waals surface area contributed by atoms with Crippen molar-refractivity contribution in [1.82, 2.24) is 0 Å². The minimum Gasteiger partial charge on any atom is -0.366 e. The number of anilines is 1. The molecule has 1 heterocycles. The zero-order valence-corrected chi connectivity index (χ0v) is 14.0. The van der Waals surface area contributed by atoms with Crippen molar-refractivity contribution < 1.29 is 4.79 Å². The van der Waals surface area contributed by atoms with Gasteiger partial charge < -0.3 is 4.90 Å². The number of benzene rings is 1. The third-order valence-corrected chi connectivity index (χ3v) is 4.86. The molecule has 0 fully saturated rings. The van der Waals surface area contributed by atoms with Crippen LogP contribution in [0.25, 0.3) is 0 Å². The summed E-state index contributed by atoms with van der Waals surface area (Å²) in [6.45, 7) is 10.1. The molecule has 2 rings (SSSR count). The number of unbranched alkanes of at least 4 members (excludes halogenated alkanes) is 4. The molecule has 0 bridgehead atoms. The molecule has 1 aliphatic rings. The lowest BCUT2D eigenvalue weighted by Gasteiger charge is -2.34. The van der Waals surface area contributed by atoms with Crippen LogP contribution in [-0.4, -0.2) is 18.4 Å². The molecular formula is C19H29NO. The normalized spacial score (nSPS) is 16.1. The second-order valence-corrected chi connectivity index (χ2v) is 6.95. The fourth-order valence-electron chi connectivity index (χ4n) is 3.52. The van der Waals surface area contributed by atoms with Crippen molar-refractivity contribution in [2.45, 2.75) is 71.8 Å². The zero-order chi connectivity index (χ0) is 15.5. The van der Waals surface area contributed by atoms with E-state index in [0.717, 1.165) is 24.8 Å². The molecule has 0 aliphatic carbocycles. The van der Waals surface area contributed by atoms with Gasteiger partial charge in [-0.05, 0) is 56.9 Å². The molecule has 0 amide bonds. The van der Waals surface area contributed by atoms with Crippen LogP contribution in [0.5, 0.6) is 0 Å². The van der Waals surface area contributed by atoms with Crippen molar-refractivity contribution in [3.05, 3.63) is 28.8 Å². The van der Waals surface area contributed by atoms with Gasteiger partial charge in [0.25, 0.3) is 0 Å². The first-order chi connectivity index (χ1) is 10.0. The van der Waals surface area contributed by atoms with E-state index < -0.39 is 0 Å². The van der Waals surface area contributed by atoms with Crippen LogP contribution in [0.2, 0.25) is 0 Å². The Balaban J connectivity index is 2.12. The third kappa shape index (κ3) is 3.30. The lowest BCUT2D eigenvalue weighted by molar-refractivity contribution is 0.112. The Kier molecular flexibility index (Phi) is 5.08. The van der Waals surface area contributed by atoms with Gasteiger partial charge in [0.15, 0.2) is 0 Å². The number of carbonyl (C=O) groups is 1. The Morgan fingerprint density at radius 2 is 1.90 bits per heavy atom. The monoisotopic (exact) mass is 287 g/mol. The lowest BCUT2D eigenvalue weighted by Crippen LogP contribution is -2.41. The van der Waals surface area contributed by atoms with Crippen LogP contribution >= 0.6 is 0 Å². The van der Waals surface area contributed by atoms with Crippen LogP contribution in [0, 0.1) is 6.92 Å². The summed E-state index contributed by atoms with van der Waals surface area (Å²) in [5.41, 5.74) is 4.90. The highest BCUT2D eigenvalue weighted by molar-refractivity contribution is 5.81. The maximum atomic E-state index is 11.1. The molecule has 1 aromatic carbocycles. The van der Waals surface area contributed by atoms with E-state index in [4.69, 9.17) is 0 Å². The van der Waals surface area contributed by atoms with Crippen molar-refractivity contribution in [3.8, 4) is 0 Å². The van der Waals surface area contributed by atoms with Gasteiger partial charge in [0, 0.05) is 23.3 Å². The molecule has 1 aliphatic heterocycles. The number of hydrogen-bond donors (Lipinski definition) is 0. The summed E-state index contributed by atoms with van der Waals surface area (Å²) in [5.74, 6) is 0. The van der Waals surface area contributed by atoms with Crippen LogP contribution in [0.4, 0.5) is 5.69 Å². The van der Waals surface area contributed by atoms with E-state index in [0.29, 0.717) is 0 Å². The quantitative estimate of drug-likeness (QED) is 0.524. The van der Waals surface area contributed by atoms with Crippen molar-refractivity contribution in [2.24, 2.45) is 0 Å². The second kappa shape index (κ2) is 6.64. The highest BCUT2D eigenvalue weighted by Crippen LogP contribution is 2.41. The number of carbonyl (C=O) groups excluding carboxylic acids is 1. The fraction of sp³-hybridized carbons (Fsp3) is 0.632. The average Bonchev–Trinajstić information content (AvgIpc) is 2.71. The molecule has 0 saturated carbocycles. The Morgan fingerprint density at radius 1 is 1.19 bits per heavy atom. The van der Waals surface area contributed by atoms with Gasteiger partial charge in [0.05, 0.1) is 0 Å². The first-order valence-electron chi connectivity index (χ1n) is 8.36. The standard InChI is InChI=1S/C19H29NO/c1-5-6-7-8-9-12-20-18-11-10-16(14-21)15(2)17(18)13-19(20,3)4/h10-11,14H,5-9,12-13H2,1-4H3. The van der Waals surface area contributed by atoms with Crippen molar-refractivity contribution in [3.63, 3.8) is 0 Å². The lowest BCUT2D eigenvalue weighted by atomic mass is 9.95. The molecule has 0 radical (unpaired) electrons. The molecule has 0 saturated heterocycles. The van der Waals surface area contributed by atoms with Gasteiger partial charge in [0.2, 0.25) is 0 Å². The molecule has 2 nitrogen and oxygen atoms in total. The van der Waals surface area contributed by atoms with Gasteiger partial charge in [-0.15, -0.1) is 0 Å². The van der Waals surface area contributed by atoms with Gasteiger partial charge in [0.1, 0.15) is 6.29 Å². The Morgan fingerprint density at radius 3 is 2.57 bits per heavy atom. The highest BCUT2D eigenvalue weighted by atomic mass is 16.1. The minimum atomic E-state index is 0.166. The molecule has 1 aromatic rings. The van der Waals surface area contributed by atoms with Crippen molar-refractivity contribution >= 4 is 12.0 Å². The van der Waals surface area contributed by atoms with Crippen LogP contribution in [0.3, 0.4) is 0 Å². The fourth-order valence-corrected chi connectivity index (χ4v) is 3.52. The predicted octanol–water partition coefficient (Wildman–Crippen LogP) is 4.92. The molecule has 0 unspecified atom stereocenters. The molecule has 2 heteroatoms. The summed E-state index contributed by atoms with van der Waals surface area (Å²) < 4.78 is 0. The van der Waals surface area contributed by atoms with Crippen molar-refractivity contribution in [2.75, 3.05) is 11.4 Å². The second-order valence-electron chi connectivity index (χ2n) is 6.95. The summed E-state index contributed by atoms with van der Waals surface area (Å²) in [6, 6.07) is 4.12. The first-order valence-corrected chi connectivity index (χ1v) is 8.36. The van der Waals surface area contributed by atoms with E-state index >= 15 is 0 Å². The molecule has 21 heavy (non-hydrogen) atoms. The van der Waals surface area contributed by atoms with Gasteiger partial charge in [-0.1, -0.05) is 32.6 Å². The van der Waals surface area contributed by atoms with Gasteiger partial charge in [-0.25, -0.2) is 0 Å². The van der Waals surface area contributed by atoms with Crippen LogP contribution in [0.15, 0.2) is 12.1 Å². The van der Waals surface area contributed by atoms with E-state index in [9.17, 15) is 4.79 Å². The van der Waals surface area contributed by atoms with E-state index in [1.165, 1.54) is 48.9 Å². The number of hydrogen-bond acceptors (Lipinski definition) is 2. The van der Waals surface area contributed by atoms with Crippen molar-refractivity contribution in [1.29, 1.82) is 0 Å². The van der Waals surface area contributed by atoms with Crippen LogP contribution in [0.1, 0.15) is 74.4 Å². The highest BCUT2D eigenvalue weighted by Gasteiger charge is 2.36.